The van der Waals surface area contributed by atoms with E-state index in [1.165, 1.54) is 16.7 Å². The standard InChI is InChI=1S/C19H24FN/c1-5-21-18(12-16-9-7-6-8-13(16)2)19-14(3)10-17(20)11-15(19)4/h6-11,18,21H,5,12H2,1-4H3. The Morgan fingerprint density at radius 1 is 1.00 bits per heavy atom. The fraction of sp³-hybridized carbons (Fsp3) is 0.368. The molecule has 0 aliphatic rings. The molecule has 1 unspecified atom stereocenters. The van der Waals surface area contributed by atoms with Gasteiger partial charge in [-0.2, -0.15) is 0 Å². The van der Waals surface area contributed by atoms with Crippen molar-refractivity contribution in [2.45, 2.75) is 40.2 Å². The van der Waals surface area contributed by atoms with E-state index in [-0.39, 0.29) is 11.9 Å². The van der Waals surface area contributed by atoms with Crippen LogP contribution in [0.2, 0.25) is 0 Å². The highest BCUT2D eigenvalue weighted by Crippen LogP contribution is 2.27. The molecule has 0 aliphatic carbocycles. The molecule has 2 heteroatoms. The van der Waals surface area contributed by atoms with Gasteiger partial charge in [-0.15, -0.1) is 0 Å². The number of benzene rings is 2. The largest absolute Gasteiger partial charge is 0.310 e. The Bertz CT molecular complexity index is 596. The maximum absolute atomic E-state index is 13.5. The monoisotopic (exact) mass is 285 g/mol. The van der Waals surface area contributed by atoms with Crippen LogP contribution in [-0.4, -0.2) is 6.54 Å². The number of nitrogens with one attached hydrogen (secondary N) is 1. The topological polar surface area (TPSA) is 12.0 Å². The predicted molar refractivity (Wildman–Crippen MR) is 87.2 cm³/mol. The molecule has 2 rings (SSSR count). The van der Waals surface area contributed by atoms with E-state index in [0.29, 0.717) is 0 Å². The molecule has 0 bridgehead atoms. The van der Waals surface area contributed by atoms with Gasteiger partial charge in [-0.3, -0.25) is 0 Å². The van der Waals surface area contributed by atoms with Crippen LogP contribution in [0.5, 0.6) is 0 Å². The van der Waals surface area contributed by atoms with Crippen molar-refractivity contribution in [2.24, 2.45) is 0 Å². The summed E-state index contributed by atoms with van der Waals surface area (Å²) in [4.78, 5) is 0. The van der Waals surface area contributed by atoms with E-state index in [0.717, 1.165) is 24.1 Å². The molecular weight excluding hydrogens is 261 g/mol. The summed E-state index contributed by atoms with van der Waals surface area (Å²) in [5.41, 5.74) is 5.91. The summed E-state index contributed by atoms with van der Waals surface area (Å²) in [6.45, 7) is 9.13. The lowest BCUT2D eigenvalue weighted by molar-refractivity contribution is 0.540. The number of hydrogen-bond donors (Lipinski definition) is 1. The Balaban J connectivity index is 2.38. The van der Waals surface area contributed by atoms with Crippen molar-refractivity contribution in [3.8, 4) is 0 Å². The number of halogens is 1. The number of likely N-dealkylation sites (N-methyl/N-ethyl adjacent to an activating group) is 1. The number of aryl methyl sites for hydroxylation is 3. The second-order valence-electron chi connectivity index (χ2n) is 5.69. The first kappa shape index (κ1) is 15.7. The zero-order valence-electron chi connectivity index (χ0n) is 13.3. The fourth-order valence-corrected chi connectivity index (χ4v) is 3.05. The lowest BCUT2D eigenvalue weighted by Crippen LogP contribution is -2.25. The van der Waals surface area contributed by atoms with E-state index in [4.69, 9.17) is 0 Å². The maximum atomic E-state index is 13.5. The molecule has 1 nitrogen and oxygen atoms in total. The summed E-state index contributed by atoms with van der Waals surface area (Å²) in [5.74, 6) is -0.153. The SMILES string of the molecule is CCNC(Cc1ccccc1C)c1c(C)cc(F)cc1C. The van der Waals surface area contributed by atoms with E-state index in [2.05, 4.69) is 43.4 Å². The average Bonchev–Trinajstić information content (AvgIpc) is 2.40. The van der Waals surface area contributed by atoms with E-state index >= 15 is 0 Å². The molecule has 0 saturated carbocycles. The van der Waals surface area contributed by atoms with Gasteiger partial charge in [0.05, 0.1) is 0 Å². The first-order chi connectivity index (χ1) is 10.0. The minimum atomic E-state index is -0.153. The summed E-state index contributed by atoms with van der Waals surface area (Å²) in [6.07, 6.45) is 0.924. The lowest BCUT2D eigenvalue weighted by atomic mass is 9.90. The Morgan fingerprint density at radius 2 is 1.62 bits per heavy atom. The molecule has 0 spiro atoms. The van der Waals surface area contributed by atoms with Crippen LogP contribution in [0.3, 0.4) is 0 Å². The number of hydrogen-bond acceptors (Lipinski definition) is 1. The first-order valence-electron chi connectivity index (χ1n) is 7.57. The highest BCUT2D eigenvalue weighted by Gasteiger charge is 2.17. The second kappa shape index (κ2) is 6.86. The smallest absolute Gasteiger partial charge is 0.123 e. The van der Waals surface area contributed by atoms with Gasteiger partial charge in [0.1, 0.15) is 5.82 Å². The molecule has 1 N–H and O–H groups in total. The van der Waals surface area contributed by atoms with Crippen molar-refractivity contribution in [3.05, 3.63) is 70.0 Å². The van der Waals surface area contributed by atoms with Crippen LogP contribution in [0.25, 0.3) is 0 Å². The van der Waals surface area contributed by atoms with Crippen molar-refractivity contribution >= 4 is 0 Å². The van der Waals surface area contributed by atoms with Crippen molar-refractivity contribution in [1.82, 2.24) is 5.32 Å². The van der Waals surface area contributed by atoms with E-state index in [1.54, 1.807) is 12.1 Å². The summed E-state index contributed by atoms with van der Waals surface area (Å²) in [6, 6.07) is 11.9. The quantitative estimate of drug-likeness (QED) is 0.843. The molecule has 112 valence electrons. The molecule has 0 saturated heterocycles. The zero-order chi connectivity index (χ0) is 15.4. The van der Waals surface area contributed by atoms with Gasteiger partial charge in [0.25, 0.3) is 0 Å². The summed E-state index contributed by atoms with van der Waals surface area (Å²) >= 11 is 0. The van der Waals surface area contributed by atoms with Gasteiger partial charge < -0.3 is 5.32 Å². The summed E-state index contributed by atoms with van der Waals surface area (Å²) < 4.78 is 13.5. The molecule has 1 atom stereocenters. The maximum Gasteiger partial charge on any atom is 0.123 e. The minimum Gasteiger partial charge on any atom is -0.310 e. The van der Waals surface area contributed by atoms with Gasteiger partial charge >= 0.3 is 0 Å². The Kier molecular flexibility index (Phi) is 5.13. The molecule has 0 aliphatic heterocycles. The van der Waals surface area contributed by atoms with Crippen LogP contribution >= 0.6 is 0 Å². The number of rotatable bonds is 5. The molecule has 2 aromatic carbocycles. The van der Waals surface area contributed by atoms with Gasteiger partial charge in [0.15, 0.2) is 0 Å². The van der Waals surface area contributed by atoms with Gasteiger partial charge in [0.2, 0.25) is 0 Å². The summed E-state index contributed by atoms with van der Waals surface area (Å²) in [7, 11) is 0. The van der Waals surface area contributed by atoms with E-state index < -0.39 is 0 Å². The van der Waals surface area contributed by atoms with Crippen LogP contribution in [0, 0.1) is 26.6 Å². The molecule has 0 fully saturated rings. The van der Waals surface area contributed by atoms with Crippen molar-refractivity contribution < 1.29 is 4.39 Å². The van der Waals surface area contributed by atoms with Gasteiger partial charge in [-0.05, 0) is 73.7 Å². The molecule has 0 aromatic heterocycles. The molecule has 0 amide bonds. The van der Waals surface area contributed by atoms with Gasteiger partial charge in [-0.1, -0.05) is 31.2 Å². The van der Waals surface area contributed by atoms with Crippen LogP contribution < -0.4 is 5.32 Å². The minimum absolute atomic E-state index is 0.153. The Hall–Kier alpha value is -1.67. The highest BCUT2D eigenvalue weighted by atomic mass is 19.1. The Labute approximate surface area is 127 Å². The van der Waals surface area contributed by atoms with Crippen LogP contribution in [0.1, 0.15) is 40.8 Å². The van der Waals surface area contributed by atoms with Gasteiger partial charge in [-0.25, -0.2) is 4.39 Å². The molecule has 0 heterocycles. The third kappa shape index (κ3) is 3.70. The third-order valence-electron chi connectivity index (χ3n) is 4.04. The predicted octanol–water partition coefficient (Wildman–Crippen LogP) is 4.64. The van der Waals surface area contributed by atoms with Crippen LogP contribution in [0.15, 0.2) is 36.4 Å². The van der Waals surface area contributed by atoms with E-state index in [9.17, 15) is 4.39 Å². The average molecular weight is 285 g/mol. The normalized spacial score (nSPS) is 12.4. The molecular formula is C19H24FN. The third-order valence-corrected chi connectivity index (χ3v) is 4.04. The zero-order valence-corrected chi connectivity index (χ0v) is 13.3. The van der Waals surface area contributed by atoms with Crippen molar-refractivity contribution in [2.75, 3.05) is 6.54 Å². The first-order valence-corrected chi connectivity index (χ1v) is 7.57. The lowest BCUT2D eigenvalue weighted by Gasteiger charge is -2.23. The summed E-state index contributed by atoms with van der Waals surface area (Å²) in [5, 5.41) is 3.55. The van der Waals surface area contributed by atoms with Crippen LogP contribution in [-0.2, 0) is 6.42 Å². The van der Waals surface area contributed by atoms with E-state index in [1.807, 2.05) is 13.8 Å². The van der Waals surface area contributed by atoms with Gasteiger partial charge in [0, 0.05) is 6.04 Å². The molecule has 21 heavy (non-hydrogen) atoms. The van der Waals surface area contributed by atoms with Crippen LogP contribution in [0.4, 0.5) is 4.39 Å². The fourth-order valence-electron chi connectivity index (χ4n) is 3.05. The van der Waals surface area contributed by atoms with Crippen molar-refractivity contribution in [1.29, 1.82) is 0 Å². The van der Waals surface area contributed by atoms with Crippen molar-refractivity contribution in [3.63, 3.8) is 0 Å². The molecule has 0 radical (unpaired) electrons. The Morgan fingerprint density at radius 3 is 2.19 bits per heavy atom. The second-order valence-corrected chi connectivity index (χ2v) is 5.69. The molecule has 2 aromatic rings. The highest BCUT2D eigenvalue weighted by molar-refractivity contribution is 5.38.